The molecule has 0 aliphatic rings. The maximum Gasteiger partial charge on any atom is 0.573 e. The van der Waals surface area contributed by atoms with Crippen LogP contribution >= 0.6 is 11.6 Å². The molecule has 1 unspecified atom stereocenters. The van der Waals surface area contributed by atoms with Crippen LogP contribution in [0.1, 0.15) is 22.0 Å². The summed E-state index contributed by atoms with van der Waals surface area (Å²) in [4.78, 5) is 12.3. The number of halogens is 6. The van der Waals surface area contributed by atoms with Crippen LogP contribution in [0.15, 0.2) is 66.7 Å². The maximum atomic E-state index is 13.8. The lowest BCUT2D eigenvalue weighted by molar-refractivity contribution is -0.274. The summed E-state index contributed by atoms with van der Waals surface area (Å²) >= 11 is 5.93. The number of carbonyl (C=O) groups is 1. The summed E-state index contributed by atoms with van der Waals surface area (Å²) in [5.74, 6) is -3.30. The third-order valence-corrected chi connectivity index (χ3v) is 4.69. The Balaban J connectivity index is 1.74. The van der Waals surface area contributed by atoms with Gasteiger partial charge in [-0.3, -0.25) is 4.79 Å². The lowest BCUT2D eigenvalue weighted by Crippen LogP contribution is -2.31. The molecular weight excluding hydrogens is 441 g/mol. The van der Waals surface area contributed by atoms with Crippen molar-refractivity contribution in [3.05, 3.63) is 89.5 Å². The molecule has 1 amide bonds. The minimum absolute atomic E-state index is 0.0510. The number of nitrogens with one attached hydrogen (secondary N) is 1. The fraction of sp³-hybridized carbons (Fsp3) is 0.136. The zero-order chi connectivity index (χ0) is 22.6. The van der Waals surface area contributed by atoms with Gasteiger partial charge in [0.05, 0.1) is 6.04 Å². The molecule has 0 spiro atoms. The molecule has 0 fully saturated rings. The van der Waals surface area contributed by atoms with E-state index in [0.29, 0.717) is 16.7 Å². The van der Waals surface area contributed by atoms with Crippen LogP contribution in [0.2, 0.25) is 0 Å². The van der Waals surface area contributed by atoms with Crippen molar-refractivity contribution in [2.45, 2.75) is 12.4 Å². The predicted molar refractivity (Wildman–Crippen MR) is 106 cm³/mol. The Bertz CT molecular complexity index is 1030. The average molecular weight is 456 g/mol. The highest BCUT2D eigenvalue weighted by atomic mass is 35.5. The van der Waals surface area contributed by atoms with Crippen molar-refractivity contribution >= 4 is 17.5 Å². The van der Waals surface area contributed by atoms with Crippen molar-refractivity contribution in [1.82, 2.24) is 5.32 Å². The molecule has 0 radical (unpaired) electrons. The lowest BCUT2D eigenvalue weighted by Gasteiger charge is -2.17. The van der Waals surface area contributed by atoms with Crippen LogP contribution < -0.4 is 10.1 Å². The third kappa shape index (κ3) is 5.73. The topological polar surface area (TPSA) is 38.3 Å². The molecule has 162 valence electrons. The SMILES string of the molecule is O=C(NC(CCl)c1ccc(-c2ccc(OC(F)(F)F)cc2)cc1)c1c(F)cccc1F. The first kappa shape index (κ1) is 22.6. The zero-order valence-corrected chi connectivity index (χ0v) is 16.5. The normalized spacial score (nSPS) is 12.3. The van der Waals surface area contributed by atoms with Crippen LogP contribution in [0.3, 0.4) is 0 Å². The zero-order valence-electron chi connectivity index (χ0n) is 15.7. The molecule has 31 heavy (non-hydrogen) atoms. The number of amides is 1. The monoisotopic (exact) mass is 455 g/mol. The summed E-state index contributed by atoms with van der Waals surface area (Å²) in [7, 11) is 0. The van der Waals surface area contributed by atoms with Gasteiger partial charge in [0.1, 0.15) is 22.9 Å². The molecule has 0 aliphatic heterocycles. The first-order chi connectivity index (χ1) is 14.7. The molecule has 0 saturated carbocycles. The van der Waals surface area contributed by atoms with Crippen molar-refractivity contribution in [2.24, 2.45) is 0 Å². The largest absolute Gasteiger partial charge is 0.573 e. The summed E-state index contributed by atoms with van der Waals surface area (Å²) in [5, 5.41) is 2.50. The molecule has 0 aromatic heterocycles. The van der Waals surface area contributed by atoms with E-state index in [0.717, 1.165) is 18.2 Å². The highest BCUT2D eigenvalue weighted by Crippen LogP contribution is 2.28. The predicted octanol–water partition coefficient (Wildman–Crippen LogP) is 6.24. The van der Waals surface area contributed by atoms with E-state index < -0.39 is 35.5 Å². The number of ether oxygens (including phenoxy) is 1. The molecule has 3 rings (SSSR count). The van der Waals surface area contributed by atoms with Gasteiger partial charge in [-0.1, -0.05) is 42.5 Å². The fourth-order valence-electron chi connectivity index (χ4n) is 2.91. The van der Waals surface area contributed by atoms with Gasteiger partial charge >= 0.3 is 6.36 Å². The molecule has 0 aliphatic carbocycles. The smallest absolute Gasteiger partial charge is 0.406 e. The van der Waals surface area contributed by atoms with Crippen LogP contribution in [0.5, 0.6) is 5.75 Å². The Kier molecular flexibility index (Phi) is 6.80. The third-order valence-electron chi connectivity index (χ3n) is 4.38. The molecule has 0 saturated heterocycles. The van der Waals surface area contributed by atoms with E-state index in [1.807, 2.05) is 0 Å². The van der Waals surface area contributed by atoms with Crippen molar-refractivity contribution in [3.8, 4) is 16.9 Å². The number of carbonyl (C=O) groups excluding carboxylic acids is 1. The minimum atomic E-state index is -4.77. The van der Waals surface area contributed by atoms with Gasteiger partial charge in [-0.25, -0.2) is 8.78 Å². The summed E-state index contributed by atoms with van der Waals surface area (Å²) in [6.07, 6.45) is -4.77. The number of hydrogen-bond acceptors (Lipinski definition) is 2. The van der Waals surface area contributed by atoms with Gasteiger partial charge in [0, 0.05) is 5.88 Å². The lowest BCUT2D eigenvalue weighted by atomic mass is 10.0. The van der Waals surface area contributed by atoms with Gasteiger partial charge in [-0.15, -0.1) is 24.8 Å². The molecule has 0 heterocycles. The number of alkyl halides is 4. The molecule has 1 N–H and O–H groups in total. The molecule has 1 atom stereocenters. The first-order valence-electron chi connectivity index (χ1n) is 8.95. The van der Waals surface area contributed by atoms with E-state index in [4.69, 9.17) is 11.6 Å². The van der Waals surface area contributed by atoms with E-state index in [2.05, 4.69) is 10.1 Å². The fourth-order valence-corrected chi connectivity index (χ4v) is 3.17. The summed E-state index contributed by atoms with van der Waals surface area (Å²) in [6, 6.07) is 14.4. The quantitative estimate of drug-likeness (QED) is 0.353. The van der Waals surface area contributed by atoms with Gasteiger partial charge in [0.2, 0.25) is 0 Å². The van der Waals surface area contributed by atoms with Gasteiger partial charge in [-0.2, -0.15) is 0 Å². The number of hydrogen-bond donors (Lipinski definition) is 1. The first-order valence-corrected chi connectivity index (χ1v) is 9.48. The number of benzene rings is 3. The van der Waals surface area contributed by atoms with E-state index >= 15 is 0 Å². The Morgan fingerprint density at radius 3 is 1.90 bits per heavy atom. The Morgan fingerprint density at radius 2 is 1.42 bits per heavy atom. The van der Waals surface area contributed by atoms with Gasteiger partial charge < -0.3 is 10.1 Å². The molecule has 3 aromatic rings. The molecule has 3 nitrogen and oxygen atoms in total. The second-order valence-electron chi connectivity index (χ2n) is 6.47. The average Bonchev–Trinajstić information content (AvgIpc) is 2.71. The van der Waals surface area contributed by atoms with Crippen LogP contribution in [0.4, 0.5) is 22.0 Å². The summed E-state index contributed by atoms with van der Waals surface area (Å²) in [6.45, 7) is 0. The second-order valence-corrected chi connectivity index (χ2v) is 6.78. The Morgan fingerprint density at radius 1 is 0.903 bits per heavy atom. The van der Waals surface area contributed by atoms with Crippen molar-refractivity contribution in [2.75, 3.05) is 5.88 Å². The van der Waals surface area contributed by atoms with Crippen molar-refractivity contribution < 1.29 is 31.5 Å². The molecule has 0 bridgehead atoms. The molecular formula is C22H15ClF5NO2. The van der Waals surface area contributed by atoms with Crippen LogP contribution in [-0.2, 0) is 0 Å². The second kappa shape index (κ2) is 9.34. The van der Waals surface area contributed by atoms with E-state index in [-0.39, 0.29) is 11.6 Å². The molecule has 3 aromatic carbocycles. The van der Waals surface area contributed by atoms with Gasteiger partial charge in [0.15, 0.2) is 0 Å². The summed E-state index contributed by atoms with van der Waals surface area (Å²) < 4.78 is 68.2. The summed E-state index contributed by atoms with van der Waals surface area (Å²) in [5.41, 5.74) is 1.22. The highest BCUT2D eigenvalue weighted by Gasteiger charge is 2.31. The van der Waals surface area contributed by atoms with Crippen LogP contribution in [0.25, 0.3) is 11.1 Å². The van der Waals surface area contributed by atoms with Gasteiger partial charge in [0.25, 0.3) is 5.91 Å². The van der Waals surface area contributed by atoms with Crippen molar-refractivity contribution in [3.63, 3.8) is 0 Å². The van der Waals surface area contributed by atoms with Gasteiger partial charge in [-0.05, 0) is 41.0 Å². The minimum Gasteiger partial charge on any atom is -0.406 e. The van der Waals surface area contributed by atoms with Crippen LogP contribution in [-0.4, -0.2) is 18.1 Å². The van der Waals surface area contributed by atoms with E-state index in [9.17, 15) is 26.7 Å². The van der Waals surface area contributed by atoms with Crippen LogP contribution in [0, 0.1) is 11.6 Å². The van der Waals surface area contributed by atoms with E-state index in [1.165, 1.54) is 24.3 Å². The highest BCUT2D eigenvalue weighted by molar-refractivity contribution is 6.18. The number of rotatable bonds is 6. The Labute approximate surface area is 179 Å². The van der Waals surface area contributed by atoms with E-state index in [1.54, 1.807) is 24.3 Å². The Hall–Kier alpha value is -3.13. The maximum absolute atomic E-state index is 13.8. The molecule has 9 heteroatoms. The standard InChI is InChI=1S/C22H15ClF5NO2/c23-12-19(29-21(30)20-17(24)2-1-3-18(20)25)15-6-4-13(5-7-15)14-8-10-16(11-9-14)31-22(26,27)28/h1-11,19H,12H2,(H,29,30). The van der Waals surface area contributed by atoms with Crippen molar-refractivity contribution in [1.29, 1.82) is 0 Å².